The molecule has 2 N–H and O–H groups in total. The van der Waals surface area contributed by atoms with Crippen LogP contribution in [0.4, 0.5) is 5.82 Å². The van der Waals surface area contributed by atoms with Gasteiger partial charge in [0.15, 0.2) is 5.82 Å². The fraction of sp³-hybridized carbons (Fsp3) is 0.429. The smallest absolute Gasteiger partial charge is 0.151 e. The van der Waals surface area contributed by atoms with Crippen LogP contribution in [0.5, 0.6) is 0 Å². The summed E-state index contributed by atoms with van der Waals surface area (Å²) >= 11 is 14.0. The van der Waals surface area contributed by atoms with Gasteiger partial charge in [0.1, 0.15) is 11.3 Å². The van der Waals surface area contributed by atoms with Crippen molar-refractivity contribution in [3.05, 3.63) is 45.8 Å². The van der Waals surface area contributed by atoms with E-state index < -0.39 is 0 Å². The first kappa shape index (κ1) is 21.3. The molecule has 0 fully saturated rings. The fourth-order valence-electron chi connectivity index (χ4n) is 3.34. The normalized spacial score (nSPS) is 11.4. The standard InChI is InChI=1S/C21H26Cl2N4S/c1-3-7-18-26-19-20(14(2)13-25-21(19)24)27(18)10-5-4-6-11-28-17-9-8-15(22)12-16(17)23/h8-9,12-13H,3-7,10-11H2,1-2H3,(H2,24,25). The minimum absolute atomic E-state index is 0.521. The molecule has 0 saturated heterocycles. The minimum Gasteiger partial charge on any atom is -0.382 e. The molecule has 3 rings (SSSR count). The number of imidazole rings is 1. The molecule has 150 valence electrons. The summed E-state index contributed by atoms with van der Waals surface area (Å²) in [5, 5.41) is 1.41. The van der Waals surface area contributed by atoms with Gasteiger partial charge in [-0.1, -0.05) is 36.5 Å². The van der Waals surface area contributed by atoms with Crippen molar-refractivity contribution in [2.75, 3.05) is 11.5 Å². The number of fused-ring (bicyclic) bond motifs is 1. The molecule has 0 bridgehead atoms. The first-order valence-electron chi connectivity index (χ1n) is 9.69. The number of thioether (sulfide) groups is 1. The highest BCUT2D eigenvalue weighted by Gasteiger charge is 2.15. The van der Waals surface area contributed by atoms with Crippen molar-refractivity contribution in [3.63, 3.8) is 0 Å². The van der Waals surface area contributed by atoms with E-state index in [0.717, 1.165) is 76.7 Å². The Kier molecular flexibility index (Phi) is 7.49. The zero-order chi connectivity index (χ0) is 20.1. The highest BCUT2D eigenvalue weighted by molar-refractivity contribution is 7.99. The van der Waals surface area contributed by atoms with Gasteiger partial charge in [-0.05, 0) is 55.7 Å². The van der Waals surface area contributed by atoms with Gasteiger partial charge >= 0.3 is 0 Å². The van der Waals surface area contributed by atoms with Gasteiger partial charge in [-0.25, -0.2) is 9.97 Å². The number of nitrogens with zero attached hydrogens (tertiary/aromatic N) is 3. The van der Waals surface area contributed by atoms with Crippen molar-refractivity contribution < 1.29 is 0 Å². The number of anilines is 1. The maximum atomic E-state index is 6.24. The molecule has 1 aromatic carbocycles. The number of halogens is 2. The number of hydrogen-bond donors (Lipinski definition) is 1. The Labute approximate surface area is 180 Å². The lowest BCUT2D eigenvalue weighted by Gasteiger charge is -2.10. The van der Waals surface area contributed by atoms with Gasteiger partial charge in [-0.15, -0.1) is 11.8 Å². The lowest BCUT2D eigenvalue weighted by Crippen LogP contribution is -2.05. The van der Waals surface area contributed by atoms with Gasteiger partial charge in [-0.2, -0.15) is 0 Å². The highest BCUT2D eigenvalue weighted by Crippen LogP contribution is 2.30. The molecule has 4 nitrogen and oxygen atoms in total. The molecule has 0 spiro atoms. The molecule has 0 aliphatic carbocycles. The molecule has 0 radical (unpaired) electrons. The second-order valence-corrected chi connectivity index (χ2v) is 8.92. The van der Waals surface area contributed by atoms with Crippen LogP contribution >= 0.6 is 35.0 Å². The Morgan fingerprint density at radius 2 is 2.00 bits per heavy atom. The van der Waals surface area contributed by atoms with Crippen molar-refractivity contribution >= 4 is 51.8 Å². The molecular formula is C21H26Cl2N4S. The van der Waals surface area contributed by atoms with E-state index >= 15 is 0 Å². The average molecular weight is 437 g/mol. The molecule has 7 heteroatoms. The molecule has 2 aromatic heterocycles. The topological polar surface area (TPSA) is 56.7 Å². The van der Waals surface area contributed by atoms with Gasteiger partial charge in [0.05, 0.1) is 10.5 Å². The number of aromatic nitrogens is 3. The van der Waals surface area contributed by atoms with Crippen LogP contribution < -0.4 is 5.73 Å². The zero-order valence-corrected chi connectivity index (χ0v) is 18.7. The van der Waals surface area contributed by atoms with Crippen molar-refractivity contribution in [1.29, 1.82) is 0 Å². The maximum absolute atomic E-state index is 6.24. The quantitative estimate of drug-likeness (QED) is 0.305. The van der Waals surface area contributed by atoms with E-state index in [0.29, 0.717) is 10.8 Å². The summed E-state index contributed by atoms with van der Waals surface area (Å²) in [5.74, 6) is 2.68. The van der Waals surface area contributed by atoms with Crippen LogP contribution in [-0.4, -0.2) is 20.3 Å². The van der Waals surface area contributed by atoms with Gasteiger partial charge in [0.2, 0.25) is 0 Å². The highest BCUT2D eigenvalue weighted by atomic mass is 35.5. The van der Waals surface area contributed by atoms with Crippen molar-refractivity contribution in [1.82, 2.24) is 14.5 Å². The number of nitrogen functional groups attached to an aromatic ring is 1. The van der Waals surface area contributed by atoms with Crippen LogP contribution in [0.2, 0.25) is 10.0 Å². The molecule has 0 saturated carbocycles. The third-order valence-corrected chi connectivity index (χ3v) is 6.53. The number of nitrogens with two attached hydrogens (primary N) is 1. The van der Waals surface area contributed by atoms with E-state index in [9.17, 15) is 0 Å². The number of rotatable bonds is 9. The third-order valence-electron chi connectivity index (χ3n) is 4.71. The maximum Gasteiger partial charge on any atom is 0.151 e. The Morgan fingerprint density at radius 1 is 1.18 bits per heavy atom. The molecule has 0 aliphatic rings. The van der Waals surface area contributed by atoms with Crippen LogP contribution in [0, 0.1) is 6.92 Å². The SMILES string of the molecule is CCCc1nc2c(N)ncc(C)c2n1CCCCCSc1ccc(Cl)cc1Cl. The fourth-order valence-corrected chi connectivity index (χ4v) is 4.85. The number of unbranched alkanes of at least 4 members (excludes halogenated alkanes) is 2. The van der Waals surface area contributed by atoms with Crippen LogP contribution in [0.15, 0.2) is 29.3 Å². The zero-order valence-electron chi connectivity index (χ0n) is 16.3. The van der Waals surface area contributed by atoms with E-state index in [-0.39, 0.29) is 0 Å². The Balaban J connectivity index is 1.58. The van der Waals surface area contributed by atoms with Crippen molar-refractivity contribution in [2.45, 2.75) is 57.4 Å². The largest absolute Gasteiger partial charge is 0.382 e. The minimum atomic E-state index is 0.521. The molecule has 0 unspecified atom stereocenters. The van der Waals surface area contributed by atoms with Crippen LogP contribution in [-0.2, 0) is 13.0 Å². The molecule has 28 heavy (non-hydrogen) atoms. The summed E-state index contributed by atoms with van der Waals surface area (Å²) in [6, 6.07) is 5.68. The first-order valence-corrected chi connectivity index (χ1v) is 11.4. The lowest BCUT2D eigenvalue weighted by molar-refractivity contribution is 0.589. The summed E-state index contributed by atoms with van der Waals surface area (Å²) in [5.41, 5.74) is 9.18. The molecule has 0 atom stereocenters. The summed E-state index contributed by atoms with van der Waals surface area (Å²) in [4.78, 5) is 10.1. The first-order chi connectivity index (χ1) is 13.5. The lowest BCUT2D eigenvalue weighted by atomic mass is 10.2. The Bertz CT molecular complexity index is 955. The Morgan fingerprint density at radius 3 is 2.75 bits per heavy atom. The average Bonchev–Trinajstić information content (AvgIpc) is 3.02. The molecule has 0 aliphatic heterocycles. The number of hydrogen-bond acceptors (Lipinski definition) is 4. The molecule has 0 amide bonds. The molecule has 3 aromatic rings. The summed E-state index contributed by atoms with van der Waals surface area (Å²) in [6.07, 6.45) is 7.27. The van der Waals surface area contributed by atoms with Crippen LogP contribution in [0.25, 0.3) is 11.0 Å². The number of benzene rings is 1. The predicted octanol–water partition coefficient (Wildman–Crippen LogP) is 6.54. The monoisotopic (exact) mass is 436 g/mol. The van der Waals surface area contributed by atoms with Crippen molar-refractivity contribution in [2.24, 2.45) is 0 Å². The summed E-state index contributed by atoms with van der Waals surface area (Å²) in [6.45, 7) is 5.22. The van der Waals surface area contributed by atoms with Gasteiger partial charge in [-0.3, -0.25) is 0 Å². The van der Waals surface area contributed by atoms with E-state index in [4.69, 9.17) is 33.9 Å². The van der Waals surface area contributed by atoms with Gasteiger partial charge in [0, 0.05) is 29.1 Å². The second kappa shape index (κ2) is 9.86. The van der Waals surface area contributed by atoms with E-state index in [2.05, 4.69) is 23.4 Å². The number of aryl methyl sites for hydroxylation is 3. The second-order valence-electron chi connectivity index (χ2n) is 6.94. The summed E-state index contributed by atoms with van der Waals surface area (Å²) < 4.78 is 2.34. The van der Waals surface area contributed by atoms with Crippen LogP contribution in [0.3, 0.4) is 0 Å². The van der Waals surface area contributed by atoms with Gasteiger partial charge in [0.25, 0.3) is 0 Å². The Hall–Kier alpha value is -1.43. The molecule has 2 heterocycles. The van der Waals surface area contributed by atoms with Crippen LogP contribution in [0.1, 0.15) is 44.0 Å². The molecular weight excluding hydrogens is 411 g/mol. The van der Waals surface area contributed by atoms with Gasteiger partial charge < -0.3 is 10.3 Å². The van der Waals surface area contributed by atoms with E-state index in [1.165, 1.54) is 0 Å². The third kappa shape index (κ3) is 4.94. The van der Waals surface area contributed by atoms with E-state index in [1.54, 1.807) is 17.8 Å². The van der Waals surface area contributed by atoms with E-state index in [1.807, 2.05) is 18.3 Å². The van der Waals surface area contributed by atoms with Crippen molar-refractivity contribution in [3.8, 4) is 0 Å². The predicted molar refractivity (Wildman–Crippen MR) is 122 cm³/mol. The number of pyridine rings is 1. The summed E-state index contributed by atoms with van der Waals surface area (Å²) in [7, 11) is 0.